The first-order chi connectivity index (χ1) is 17.4. The minimum Gasteiger partial charge on any atom is -0.457 e. The minimum atomic E-state index is -0.614. The molecule has 0 saturated carbocycles. The Kier molecular flexibility index (Phi) is 6.61. The lowest BCUT2D eigenvalue weighted by atomic mass is 10.0. The summed E-state index contributed by atoms with van der Waals surface area (Å²) in [6.07, 6.45) is 0. The molecule has 0 spiro atoms. The normalized spacial score (nSPS) is 15.2. The number of nitrogens with zero attached hydrogens (tertiary/aromatic N) is 2. The van der Waals surface area contributed by atoms with Gasteiger partial charge in [0.05, 0.1) is 12.4 Å². The Hall–Kier alpha value is -3.90. The first-order valence-corrected chi connectivity index (χ1v) is 12.0. The van der Waals surface area contributed by atoms with Crippen LogP contribution in [0.4, 0.5) is 25.8 Å². The molecule has 1 aliphatic rings. The SMILES string of the molecule is CC1(C)CN(c2ccc(Oc3ccccc3)cc2)CN1Cc1ccccc1Nc1ccc(F)cc1F. The molecular weight excluding hydrogens is 456 g/mol. The summed E-state index contributed by atoms with van der Waals surface area (Å²) in [7, 11) is 0. The van der Waals surface area contributed by atoms with Crippen molar-refractivity contribution >= 4 is 17.1 Å². The van der Waals surface area contributed by atoms with E-state index in [1.165, 1.54) is 12.1 Å². The van der Waals surface area contributed by atoms with Crippen LogP contribution in [0.2, 0.25) is 0 Å². The van der Waals surface area contributed by atoms with Gasteiger partial charge in [-0.15, -0.1) is 0 Å². The van der Waals surface area contributed by atoms with E-state index in [4.69, 9.17) is 4.74 Å². The smallest absolute Gasteiger partial charge is 0.149 e. The number of rotatable bonds is 7. The molecule has 5 rings (SSSR count). The Bertz CT molecular complexity index is 1330. The number of hydrogen-bond donors (Lipinski definition) is 1. The predicted molar refractivity (Wildman–Crippen MR) is 141 cm³/mol. The third kappa shape index (κ3) is 5.34. The first-order valence-electron chi connectivity index (χ1n) is 12.0. The second-order valence-electron chi connectivity index (χ2n) is 9.67. The average molecular weight is 486 g/mol. The van der Waals surface area contributed by atoms with Crippen molar-refractivity contribution in [1.29, 1.82) is 0 Å². The zero-order chi connectivity index (χ0) is 25.1. The first kappa shape index (κ1) is 23.8. The van der Waals surface area contributed by atoms with Crippen molar-refractivity contribution in [3.63, 3.8) is 0 Å². The van der Waals surface area contributed by atoms with Crippen molar-refractivity contribution in [2.75, 3.05) is 23.4 Å². The fraction of sp³-hybridized carbons (Fsp3) is 0.200. The standard InChI is InChI=1S/C30H29F2N3O/c1-30(2)20-34(24-13-15-26(16-14-24)36-25-9-4-3-5-10-25)21-35(30)19-22-8-6-7-11-28(22)33-29-17-12-23(31)18-27(29)32/h3-18,33H,19-21H2,1-2H3. The van der Waals surface area contributed by atoms with Gasteiger partial charge in [-0.25, -0.2) is 8.78 Å². The summed E-state index contributed by atoms with van der Waals surface area (Å²) in [5, 5.41) is 3.14. The molecule has 4 nitrogen and oxygen atoms in total. The van der Waals surface area contributed by atoms with Crippen LogP contribution in [0.3, 0.4) is 0 Å². The van der Waals surface area contributed by atoms with E-state index in [0.29, 0.717) is 6.54 Å². The molecule has 1 fully saturated rings. The van der Waals surface area contributed by atoms with Crippen LogP contribution in [0, 0.1) is 11.6 Å². The average Bonchev–Trinajstić information content (AvgIpc) is 3.17. The summed E-state index contributed by atoms with van der Waals surface area (Å²) in [5.74, 6) is 0.405. The molecule has 0 aromatic heterocycles. The van der Waals surface area contributed by atoms with Crippen molar-refractivity contribution in [1.82, 2.24) is 4.90 Å². The maximum Gasteiger partial charge on any atom is 0.149 e. The third-order valence-electron chi connectivity index (χ3n) is 6.54. The van der Waals surface area contributed by atoms with E-state index in [-0.39, 0.29) is 11.2 Å². The van der Waals surface area contributed by atoms with Crippen molar-refractivity contribution < 1.29 is 13.5 Å². The van der Waals surface area contributed by atoms with Crippen LogP contribution in [0.15, 0.2) is 97.1 Å². The second kappa shape index (κ2) is 9.99. The lowest BCUT2D eigenvalue weighted by Crippen LogP contribution is -2.39. The number of benzene rings is 4. The summed E-state index contributed by atoms with van der Waals surface area (Å²) in [5.41, 5.74) is 3.16. The fourth-order valence-electron chi connectivity index (χ4n) is 4.52. The van der Waals surface area contributed by atoms with Gasteiger partial charge in [0.1, 0.15) is 23.1 Å². The van der Waals surface area contributed by atoms with Gasteiger partial charge in [-0.3, -0.25) is 4.90 Å². The van der Waals surface area contributed by atoms with E-state index in [1.54, 1.807) is 0 Å². The van der Waals surface area contributed by atoms with Crippen LogP contribution >= 0.6 is 0 Å². The number of anilines is 3. The number of ether oxygens (including phenoxy) is 1. The summed E-state index contributed by atoms with van der Waals surface area (Å²) in [6, 6.07) is 29.3. The molecule has 0 radical (unpaired) electrons. The highest BCUT2D eigenvalue weighted by molar-refractivity contribution is 5.63. The van der Waals surface area contributed by atoms with Crippen LogP contribution in [0.5, 0.6) is 11.5 Å². The van der Waals surface area contributed by atoms with Crippen LogP contribution in [0.25, 0.3) is 0 Å². The highest BCUT2D eigenvalue weighted by Gasteiger charge is 2.37. The second-order valence-corrected chi connectivity index (χ2v) is 9.67. The van der Waals surface area contributed by atoms with Crippen LogP contribution < -0.4 is 15.0 Å². The number of hydrogen-bond acceptors (Lipinski definition) is 4. The van der Waals surface area contributed by atoms with Gasteiger partial charge in [-0.2, -0.15) is 0 Å². The van der Waals surface area contributed by atoms with Gasteiger partial charge in [-0.05, 0) is 74.0 Å². The van der Waals surface area contributed by atoms with E-state index in [1.807, 2.05) is 66.7 Å². The Balaban J connectivity index is 1.29. The van der Waals surface area contributed by atoms with E-state index >= 15 is 0 Å². The summed E-state index contributed by atoms with van der Waals surface area (Å²) < 4.78 is 33.5. The Morgan fingerprint density at radius 1 is 0.806 bits per heavy atom. The van der Waals surface area contributed by atoms with Gasteiger partial charge in [-0.1, -0.05) is 36.4 Å². The Morgan fingerprint density at radius 2 is 1.50 bits per heavy atom. The molecule has 0 atom stereocenters. The van der Waals surface area contributed by atoms with Gasteiger partial charge >= 0.3 is 0 Å². The number of para-hydroxylation sites is 2. The highest BCUT2D eigenvalue weighted by Crippen LogP contribution is 2.33. The maximum absolute atomic E-state index is 14.3. The van der Waals surface area contributed by atoms with E-state index in [0.717, 1.165) is 47.7 Å². The molecule has 1 saturated heterocycles. The number of halogens is 2. The highest BCUT2D eigenvalue weighted by atomic mass is 19.1. The van der Waals surface area contributed by atoms with Gasteiger partial charge in [0.15, 0.2) is 0 Å². The topological polar surface area (TPSA) is 27.7 Å². The van der Waals surface area contributed by atoms with Crippen molar-refractivity contribution in [2.45, 2.75) is 25.9 Å². The predicted octanol–water partition coefficient (Wildman–Crippen LogP) is 7.56. The van der Waals surface area contributed by atoms with Gasteiger partial charge in [0, 0.05) is 36.1 Å². The molecule has 4 aromatic rings. The van der Waals surface area contributed by atoms with Crippen LogP contribution in [0.1, 0.15) is 19.4 Å². The zero-order valence-electron chi connectivity index (χ0n) is 20.4. The van der Waals surface area contributed by atoms with Gasteiger partial charge < -0.3 is 15.0 Å². The molecule has 0 amide bonds. The lowest BCUT2D eigenvalue weighted by Gasteiger charge is -2.30. The number of nitrogens with one attached hydrogen (secondary N) is 1. The summed E-state index contributed by atoms with van der Waals surface area (Å²) in [4.78, 5) is 4.75. The van der Waals surface area contributed by atoms with Crippen LogP contribution in [-0.2, 0) is 6.54 Å². The molecule has 0 bridgehead atoms. The van der Waals surface area contributed by atoms with Crippen molar-refractivity contribution in [3.05, 3.63) is 114 Å². The largest absolute Gasteiger partial charge is 0.457 e. The maximum atomic E-state index is 14.3. The Labute approximate surface area is 210 Å². The molecule has 1 aliphatic heterocycles. The third-order valence-corrected chi connectivity index (χ3v) is 6.54. The quantitative estimate of drug-likeness (QED) is 0.292. The molecule has 6 heteroatoms. The van der Waals surface area contributed by atoms with E-state index in [2.05, 4.69) is 41.1 Å². The van der Waals surface area contributed by atoms with Crippen molar-refractivity contribution in [3.8, 4) is 11.5 Å². The monoisotopic (exact) mass is 485 g/mol. The molecule has 0 aliphatic carbocycles. The van der Waals surface area contributed by atoms with Gasteiger partial charge in [0.2, 0.25) is 0 Å². The molecule has 0 unspecified atom stereocenters. The molecule has 4 aromatic carbocycles. The van der Waals surface area contributed by atoms with E-state index < -0.39 is 11.6 Å². The molecule has 1 heterocycles. The molecule has 184 valence electrons. The summed E-state index contributed by atoms with van der Waals surface area (Å²) in [6.45, 7) is 6.77. The fourth-order valence-corrected chi connectivity index (χ4v) is 4.52. The van der Waals surface area contributed by atoms with Crippen LogP contribution in [-0.4, -0.2) is 23.7 Å². The molecule has 1 N–H and O–H groups in total. The van der Waals surface area contributed by atoms with Crippen molar-refractivity contribution in [2.24, 2.45) is 0 Å². The molecular formula is C30H29F2N3O. The lowest BCUT2D eigenvalue weighted by molar-refractivity contribution is 0.176. The Morgan fingerprint density at radius 3 is 2.25 bits per heavy atom. The minimum absolute atomic E-state index is 0.0759. The van der Waals surface area contributed by atoms with E-state index in [9.17, 15) is 8.78 Å². The summed E-state index contributed by atoms with van der Waals surface area (Å²) >= 11 is 0. The molecule has 36 heavy (non-hydrogen) atoms. The zero-order valence-corrected chi connectivity index (χ0v) is 20.4. The van der Waals surface area contributed by atoms with Gasteiger partial charge in [0.25, 0.3) is 0 Å².